The molecule has 1 aromatic heterocycles. The van der Waals surface area contributed by atoms with E-state index in [0.29, 0.717) is 33.8 Å². The highest BCUT2D eigenvalue weighted by molar-refractivity contribution is 5.94. The lowest BCUT2D eigenvalue weighted by molar-refractivity contribution is 0.0698. The lowest BCUT2D eigenvalue weighted by atomic mass is 9.72. The second-order valence-electron chi connectivity index (χ2n) is 11.4. The van der Waals surface area contributed by atoms with E-state index in [9.17, 15) is 15.2 Å². The predicted octanol–water partition coefficient (Wildman–Crippen LogP) is 5.66. The Morgan fingerprint density at radius 2 is 1.71 bits per heavy atom. The molecule has 0 aliphatic carbocycles. The van der Waals surface area contributed by atoms with Crippen LogP contribution in [0, 0.1) is 35.0 Å². The van der Waals surface area contributed by atoms with E-state index in [-0.39, 0.29) is 17.0 Å². The molecule has 0 unspecified atom stereocenters. The van der Waals surface area contributed by atoms with Crippen molar-refractivity contribution in [2.45, 2.75) is 32.7 Å². The molecule has 0 saturated carbocycles. The Morgan fingerprint density at radius 3 is 2.38 bits per heavy atom. The summed E-state index contributed by atoms with van der Waals surface area (Å²) in [5.41, 5.74) is 6.29. The first-order valence-corrected chi connectivity index (χ1v) is 14.1. The smallest absolute Gasteiger partial charge is 0.337 e. The minimum Gasteiger partial charge on any atom is -0.478 e. The molecular weight excluding hydrogens is 526 g/mol. The van der Waals surface area contributed by atoms with Crippen molar-refractivity contribution in [3.8, 4) is 12.1 Å². The number of benzene rings is 3. The van der Waals surface area contributed by atoms with Gasteiger partial charge in [0.2, 0.25) is 0 Å². The summed E-state index contributed by atoms with van der Waals surface area (Å²) in [4.78, 5) is 26.1. The van der Waals surface area contributed by atoms with Crippen molar-refractivity contribution in [3.63, 3.8) is 0 Å². The van der Waals surface area contributed by atoms with Crippen LogP contribution in [0.5, 0.6) is 0 Å². The molecule has 3 aromatic carbocycles. The first-order chi connectivity index (χ1) is 20.3. The number of hydrogen-bond acceptors (Lipinski definition) is 8. The maximum atomic E-state index is 11.8. The molecule has 2 aliphatic rings. The number of carboxylic acids is 1. The number of piperidine rings is 1. The van der Waals surface area contributed by atoms with E-state index in [1.165, 1.54) is 0 Å². The van der Waals surface area contributed by atoms with Crippen LogP contribution < -0.4 is 15.1 Å². The highest BCUT2D eigenvalue weighted by Gasteiger charge is 2.46. The van der Waals surface area contributed by atoms with Crippen molar-refractivity contribution >= 4 is 34.2 Å². The molecule has 42 heavy (non-hydrogen) atoms. The minimum atomic E-state index is -0.991. The van der Waals surface area contributed by atoms with Crippen molar-refractivity contribution < 1.29 is 9.90 Å². The van der Waals surface area contributed by atoms with Crippen LogP contribution in [0.3, 0.4) is 0 Å². The second-order valence-corrected chi connectivity index (χ2v) is 11.4. The molecular formula is C33H31N7O2. The Balaban J connectivity index is 1.23. The molecule has 1 spiro atoms. The molecule has 2 N–H and O–H groups in total. The summed E-state index contributed by atoms with van der Waals surface area (Å²) in [5.74, 6) is -0.386. The van der Waals surface area contributed by atoms with Gasteiger partial charge in [0.15, 0.2) is 11.5 Å². The SMILES string of the molecule is Cc1cc([C@@H](C)Nc2ccccc2C(=O)O)c2nc(N3CC4(CCN(c5ccc(C#N)cc5)CC4)C3)c(C#N)nc2c1. The van der Waals surface area contributed by atoms with Gasteiger partial charge in [-0.2, -0.15) is 10.5 Å². The topological polar surface area (TPSA) is 129 Å². The molecule has 2 saturated heterocycles. The third-order valence-electron chi connectivity index (χ3n) is 8.57. The van der Waals surface area contributed by atoms with E-state index in [0.717, 1.165) is 55.8 Å². The fraction of sp³-hybridized carbons (Fsp3) is 0.303. The van der Waals surface area contributed by atoms with E-state index in [2.05, 4.69) is 27.3 Å². The average molecular weight is 558 g/mol. The largest absolute Gasteiger partial charge is 0.478 e. The highest BCUT2D eigenvalue weighted by atomic mass is 16.4. The predicted molar refractivity (Wildman–Crippen MR) is 162 cm³/mol. The van der Waals surface area contributed by atoms with Crippen LogP contribution >= 0.6 is 0 Å². The normalized spacial score (nSPS) is 16.4. The summed E-state index contributed by atoms with van der Waals surface area (Å²) in [5, 5.41) is 32.1. The lowest BCUT2D eigenvalue weighted by Gasteiger charge is -2.54. The zero-order chi connectivity index (χ0) is 29.4. The van der Waals surface area contributed by atoms with Crippen LogP contribution in [0.2, 0.25) is 0 Å². The maximum absolute atomic E-state index is 11.8. The molecule has 0 radical (unpaired) electrons. The van der Waals surface area contributed by atoms with Gasteiger partial charge in [0, 0.05) is 48.5 Å². The first kappa shape index (κ1) is 27.0. The Kier molecular flexibility index (Phi) is 6.88. The van der Waals surface area contributed by atoms with Crippen LogP contribution in [-0.2, 0) is 0 Å². The van der Waals surface area contributed by atoms with Gasteiger partial charge in [-0.05, 0) is 74.7 Å². The second kappa shape index (κ2) is 10.7. The number of nitrogens with one attached hydrogen (secondary N) is 1. The van der Waals surface area contributed by atoms with Crippen molar-refractivity contribution in [1.82, 2.24) is 9.97 Å². The van der Waals surface area contributed by atoms with Crippen molar-refractivity contribution in [2.75, 3.05) is 41.3 Å². The van der Waals surface area contributed by atoms with E-state index in [1.807, 2.05) is 56.3 Å². The first-order valence-electron chi connectivity index (χ1n) is 14.1. The Morgan fingerprint density at radius 1 is 1.00 bits per heavy atom. The number of hydrogen-bond donors (Lipinski definition) is 2. The van der Waals surface area contributed by atoms with Crippen molar-refractivity contribution in [3.05, 3.63) is 88.6 Å². The van der Waals surface area contributed by atoms with Crippen LogP contribution in [-0.4, -0.2) is 47.2 Å². The van der Waals surface area contributed by atoms with Gasteiger partial charge >= 0.3 is 5.97 Å². The zero-order valence-corrected chi connectivity index (χ0v) is 23.6. The molecule has 3 heterocycles. The van der Waals surface area contributed by atoms with Gasteiger partial charge in [-0.1, -0.05) is 18.2 Å². The Labute approximate surface area is 244 Å². The highest BCUT2D eigenvalue weighted by Crippen LogP contribution is 2.44. The molecule has 2 fully saturated rings. The van der Waals surface area contributed by atoms with Crippen LogP contribution in [0.4, 0.5) is 17.2 Å². The summed E-state index contributed by atoms with van der Waals surface area (Å²) in [6, 6.07) is 22.8. The number of fused-ring (bicyclic) bond motifs is 1. The number of aryl methyl sites for hydroxylation is 1. The van der Waals surface area contributed by atoms with E-state index in [1.54, 1.807) is 18.2 Å². The molecule has 9 heteroatoms. The standard InChI is InChI=1S/C33H31N7O2/c1-21-15-26(22(2)36-27-6-4-3-5-25(27)32(41)42)30-28(16-21)37-29(18-35)31(38-30)40-19-33(20-40)11-13-39(14-12-33)24-9-7-23(17-34)8-10-24/h3-10,15-16,22,36H,11-14,19-20H2,1-2H3,(H,41,42)/t22-/m1/s1. The van der Waals surface area contributed by atoms with Gasteiger partial charge < -0.3 is 20.2 Å². The number of carbonyl (C=O) groups is 1. The molecule has 9 nitrogen and oxygen atoms in total. The number of nitriles is 2. The summed E-state index contributed by atoms with van der Waals surface area (Å²) >= 11 is 0. The molecule has 4 aromatic rings. The molecule has 6 rings (SSSR count). The minimum absolute atomic E-state index is 0.179. The molecule has 210 valence electrons. The third-order valence-corrected chi connectivity index (χ3v) is 8.57. The third kappa shape index (κ3) is 4.95. The van der Waals surface area contributed by atoms with Gasteiger partial charge in [-0.3, -0.25) is 0 Å². The van der Waals surface area contributed by atoms with E-state index < -0.39 is 5.97 Å². The van der Waals surface area contributed by atoms with Gasteiger partial charge in [0.25, 0.3) is 0 Å². The molecule has 0 bridgehead atoms. The van der Waals surface area contributed by atoms with Crippen molar-refractivity contribution in [2.24, 2.45) is 5.41 Å². The lowest BCUT2D eigenvalue weighted by Crippen LogP contribution is -2.61. The molecule has 2 aliphatic heterocycles. The number of rotatable bonds is 6. The van der Waals surface area contributed by atoms with E-state index in [4.69, 9.17) is 15.2 Å². The van der Waals surface area contributed by atoms with Gasteiger partial charge in [0.05, 0.1) is 34.3 Å². The number of carboxylic acid groups (broad SMARTS) is 1. The summed E-state index contributed by atoms with van der Waals surface area (Å²) in [6.45, 7) is 7.49. The molecule has 0 amide bonds. The summed E-state index contributed by atoms with van der Waals surface area (Å²) in [6.07, 6.45) is 2.08. The number of nitrogens with zero attached hydrogens (tertiary/aromatic N) is 6. The maximum Gasteiger partial charge on any atom is 0.337 e. The number of anilines is 3. The quantitative estimate of drug-likeness (QED) is 0.308. The van der Waals surface area contributed by atoms with Crippen LogP contribution in [0.15, 0.2) is 60.7 Å². The fourth-order valence-corrected chi connectivity index (χ4v) is 6.27. The molecule has 1 atom stereocenters. The van der Waals surface area contributed by atoms with E-state index >= 15 is 0 Å². The van der Waals surface area contributed by atoms with Crippen molar-refractivity contribution in [1.29, 1.82) is 10.5 Å². The van der Waals surface area contributed by atoms with Crippen LogP contribution in [0.1, 0.15) is 58.5 Å². The van der Waals surface area contributed by atoms with Crippen LogP contribution in [0.25, 0.3) is 11.0 Å². The number of aromatic carboxylic acids is 1. The van der Waals surface area contributed by atoms with Gasteiger partial charge in [0.1, 0.15) is 6.07 Å². The summed E-state index contributed by atoms with van der Waals surface area (Å²) in [7, 11) is 0. The summed E-state index contributed by atoms with van der Waals surface area (Å²) < 4.78 is 0. The fourth-order valence-electron chi connectivity index (χ4n) is 6.27. The average Bonchev–Trinajstić information content (AvgIpc) is 2.99. The van der Waals surface area contributed by atoms with Gasteiger partial charge in [-0.25, -0.2) is 14.8 Å². The Bertz CT molecular complexity index is 1750. The number of para-hydroxylation sites is 1. The Hall–Kier alpha value is -5.15. The van der Waals surface area contributed by atoms with Gasteiger partial charge in [-0.15, -0.1) is 0 Å². The number of aromatic nitrogens is 2. The zero-order valence-electron chi connectivity index (χ0n) is 23.6. The monoisotopic (exact) mass is 557 g/mol.